The molecule has 0 saturated carbocycles. The summed E-state index contributed by atoms with van der Waals surface area (Å²) >= 11 is 0. The number of nitrogens with zero attached hydrogens (tertiary/aromatic N) is 6. The van der Waals surface area contributed by atoms with Crippen molar-refractivity contribution in [3.63, 3.8) is 0 Å². The summed E-state index contributed by atoms with van der Waals surface area (Å²) < 4.78 is 0. The van der Waals surface area contributed by atoms with E-state index in [0.717, 1.165) is 55.0 Å². The maximum atomic E-state index is 4.35. The summed E-state index contributed by atoms with van der Waals surface area (Å²) in [6.07, 6.45) is 10.7. The van der Waals surface area contributed by atoms with Crippen molar-refractivity contribution >= 4 is 43.6 Å². The minimum atomic E-state index is 0. The molecule has 6 heterocycles. The van der Waals surface area contributed by atoms with E-state index in [2.05, 4.69) is 78.4 Å². The molecule has 0 aliphatic heterocycles. The summed E-state index contributed by atoms with van der Waals surface area (Å²) in [4.78, 5) is 25.8. The molecule has 41 heavy (non-hydrogen) atoms. The molecule has 0 radical (unpaired) electrons. The fraction of sp³-hybridized carbons (Fsp3) is 0. The van der Waals surface area contributed by atoms with Gasteiger partial charge in [0.25, 0.3) is 0 Å². The van der Waals surface area contributed by atoms with Crippen LogP contribution in [0.5, 0.6) is 0 Å². The molecule has 8 rings (SSSR count). The first-order valence-corrected chi connectivity index (χ1v) is 12.9. The topological polar surface area (TPSA) is 77.3 Å². The Morgan fingerprint density at radius 3 is 0.829 bits per heavy atom. The maximum absolute atomic E-state index is 4.35. The third-order valence-corrected chi connectivity index (χ3v) is 6.28. The van der Waals surface area contributed by atoms with Crippen LogP contribution in [-0.4, -0.2) is 29.9 Å². The monoisotopic (exact) mass is 618 g/mol. The van der Waals surface area contributed by atoms with Gasteiger partial charge in [-0.1, -0.05) is 60.7 Å². The quantitative estimate of drug-likeness (QED) is 0.139. The summed E-state index contributed by atoms with van der Waals surface area (Å²) in [6, 6.07) is 35.9. The molecule has 0 aliphatic carbocycles. The van der Waals surface area contributed by atoms with Crippen LogP contribution in [0.4, 0.5) is 0 Å². The van der Waals surface area contributed by atoms with Gasteiger partial charge in [0.05, 0.1) is 33.5 Å². The third kappa shape index (κ3) is 6.43. The van der Waals surface area contributed by atoms with Crippen molar-refractivity contribution in [1.82, 2.24) is 29.9 Å². The number of aromatic nitrogens is 6. The Hall–Kier alpha value is -5.00. The Bertz CT molecular complexity index is 1760. The SMILES string of the molecule is [Ru].c1ccc(-c2ccccn2)nc1.c1cnc2c(c1)ccc1cccnc12.c1cnc2c(c1)ccc1cccnc12. The minimum absolute atomic E-state index is 0. The summed E-state index contributed by atoms with van der Waals surface area (Å²) in [5.41, 5.74) is 5.74. The van der Waals surface area contributed by atoms with E-state index in [1.807, 2.05) is 60.7 Å². The Labute approximate surface area is 250 Å². The van der Waals surface area contributed by atoms with E-state index >= 15 is 0 Å². The first-order valence-electron chi connectivity index (χ1n) is 12.9. The molecule has 0 bridgehead atoms. The van der Waals surface area contributed by atoms with E-state index in [0.29, 0.717) is 0 Å². The molecule has 6 aromatic heterocycles. The predicted octanol–water partition coefficient (Wildman–Crippen LogP) is 7.71. The van der Waals surface area contributed by atoms with Crippen molar-refractivity contribution in [1.29, 1.82) is 0 Å². The standard InChI is InChI=1S/2C12H8N2.C10H8N2.Ru/c2*1-3-9-5-6-10-4-2-8-14-12(10)11(9)13-7-1;1-3-7-11-9(5-1)10-6-2-4-8-12-10;/h2*1-8H;1-8H;. The van der Waals surface area contributed by atoms with E-state index in [9.17, 15) is 0 Å². The van der Waals surface area contributed by atoms with Gasteiger partial charge in [-0.15, -0.1) is 0 Å². The zero-order valence-electron chi connectivity index (χ0n) is 21.9. The molecule has 2 aromatic carbocycles. The van der Waals surface area contributed by atoms with Crippen LogP contribution >= 0.6 is 0 Å². The average Bonchev–Trinajstić information content (AvgIpc) is 3.06. The summed E-state index contributed by atoms with van der Waals surface area (Å²) in [5.74, 6) is 0. The molecular weight excluding hydrogens is 593 g/mol. The number of rotatable bonds is 1. The normalized spacial score (nSPS) is 10.2. The first-order chi connectivity index (χ1) is 19.9. The van der Waals surface area contributed by atoms with Gasteiger partial charge in [-0.2, -0.15) is 0 Å². The molecule has 0 amide bonds. The molecule has 8 aromatic rings. The molecule has 0 N–H and O–H groups in total. The second-order valence-electron chi connectivity index (χ2n) is 8.86. The predicted molar refractivity (Wildman–Crippen MR) is 162 cm³/mol. The van der Waals surface area contributed by atoms with E-state index in [-0.39, 0.29) is 19.5 Å². The molecular formula is C34H24N6Ru. The van der Waals surface area contributed by atoms with Crippen molar-refractivity contribution in [2.45, 2.75) is 0 Å². The number of hydrogen-bond acceptors (Lipinski definition) is 6. The van der Waals surface area contributed by atoms with Crippen LogP contribution in [0.2, 0.25) is 0 Å². The summed E-state index contributed by atoms with van der Waals surface area (Å²) in [6.45, 7) is 0. The van der Waals surface area contributed by atoms with Crippen LogP contribution < -0.4 is 0 Å². The van der Waals surface area contributed by atoms with E-state index < -0.39 is 0 Å². The molecule has 0 aliphatic rings. The zero-order chi connectivity index (χ0) is 27.0. The smallest absolute Gasteiger partial charge is 0.0964 e. The van der Waals surface area contributed by atoms with Crippen molar-refractivity contribution in [3.05, 3.63) is 146 Å². The van der Waals surface area contributed by atoms with Crippen molar-refractivity contribution in [2.75, 3.05) is 0 Å². The van der Waals surface area contributed by atoms with Crippen molar-refractivity contribution in [3.8, 4) is 11.4 Å². The summed E-state index contributed by atoms with van der Waals surface area (Å²) in [5, 5.41) is 4.55. The number of hydrogen-bond donors (Lipinski definition) is 0. The average molecular weight is 618 g/mol. The Morgan fingerprint density at radius 2 is 0.561 bits per heavy atom. The van der Waals surface area contributed by atoms with Gasteiger partial charge in [0.2, 0.25) is 0 Å². The van der Waals surface area contributed by atoms with Crippen LogP contribution in [0.25, 0.3) is 55.0 Å². The molecule has 7 heteroatoms. The van der Waals surface area contributed by atoms with Gasteiger partial charge in [-0.25, -0.2) is 0 Å². The Balaban J connectivity index is 0.000000123. The Morgan fingerprint density at radius 1 is 0.268 bits per heavy atom. The van der Waals surface area contributed by atoms with Gasteiger partial charge in [0.1, 0.15) is 0 Å². The number of pyridine rings is 6. The fourth-order valence-electron chi connectivity index (χ4n) is 4.39. The van der Waals surface area contributed by atoms with E-state index in [1.165, 1.54) is 0 Å². The van der Waals surface area contributed by atoms with Gasteiger partial charge in [-0.3, -0.25) is 29.9 Å². The van der Waals surface area contributed by atoms with Crippen LogP contribution in [0.15, 0.2) is 146 Å². The van der Waals surface area contributed by atoms with Crippen LogP contribution in [0.3, 0.4) is 0 Å². The molecule has 0 atom stereocenters. The van der Waals surface area contributed by atoms with Crippen molar-refractivity contribution < 1.29 is 19.5 Å². The fourth-order valence-corrected chi connectivity index (χ4v) is 4.39. The minimum Gasteiger partial charge on any atom is -0.255 e. The van der Waals surface area contributed by atoms with Crippen LogP contribution in [-0.2, 0) is 19.5 Å². The van der Waals surface area contributed by atoms with Crippen LogP contribution in [0.1, 0.15) is 0 Å². The second kappa shape index (κ2) is 13.4. The van der Waals surface area contributed by atoms with Gasteiger partial charge in [0.15, 0.2) is 0 Å². The molecule has 6 nitrogen and oxygen atoms in total. The number of benzene rings is 2. The Kier molecular flexibility index (Phi) is 8.99. The second-order valence-corrected chi connectivity index (χ2v) is 8.86. The van der Waals surface area contributed by atoms with Crippen molar-refractivity contribution in [2.24, 2.45) is 0 Å². The van der Waals surface area contributed by atoms with E-state index in [1.54, 1.807) is 37.2 Å². The zero-order valence-corrected chi connectivity index (χ0v) is 23.6. The summed E-state index contributed by atoms with van der Waals surface area (Å²) in [7, 11) is 0. The molecule has 198 valence electrons. The van der Waals surface area contributed by atoms with Gasteiger partial charge < -0.3 is 0 Å². The van der Waals surface area contributed by atoms with Crippen LogP contribution in [0, 0.1) is 0 Å². The molecule has 0 unspecified atom stereocenters. The molecule has 0 spiro atoms. The van der Waals surface area contributed by atoms with Gasteiger partial charge in [-0.05, 0) is 48.5 Å². The molecule has 0 fully saturated rings. The van der Waals surface area contributed by atoms with Gasteiger partial charge in [0, 0.05) is 78.2 Å². The molecule has 0 saturated heterocycles. The largest absolute Gasteiger partial charge is 0.255 e. The number of fused-ring (bicyclic) bond motifs is 6. The first kappa shape index (κ1) is 27.6. The van der Waals surface area contributed by atoms with E-state index in [4.69, 9.17) is 0 Å². The third-order valence-electron chi connectivity index (χ3n) is 6.28. The van der Waals surface area contributed by atoms with Gasteiger partial charge >= 0.3 is 0 Å². The maximum Gasteiger partial charge on any atom is 0.0964 e.